The number of rotatable bonds is 5. The van der Waals surface area contributed by atoms with Crippen molar-refractivity contribution in [3.63, 3.8) is 0 Å². The van der Waals surface area contributed by atoms with Gasteiger partial charge in [0.15, 0.2) is 0 Å². The van der Waals surface area contributed by atoms with E-state index in [-0.39, 0.29) is 12.6 Å². The van der Waals surface area contributed by atoms with E-state index in [4.69, 9.17) is 5.73 Å². The monoisotopic (exact) mass is 251 g/mol. The molecule has 0 aromatic rings. The number of nitrogens with two attached hydrogens (primary N) is 1. The molecule has 0 saturated heterocycles. The lowest BCUT2D eigenvalue weighted by Gasteiger charge is -2.09. The summed E-state index contributed by atoms with van der Waals surface area (Å²) in [5, 5.41) is 0. The Balaban J connectivity index is 2.13. The lowest BCUT2D eigenvalue weighted by atomic mass is 10.1. The average Bonchev–Trinajstić information content (AvgIpc) is 2.40. The standard InChI is InChI=1S/C12H20F3NO/c13-12(14,15)9-17-7-3-5-10-4-1-2-6-11(16)8-10/h8,11H,1-7,9,16H2. The Kier molecular flexibility index (Phi) is 5.98. The number of halogens is 3. The third kappa shape index (κ3) is 7.39. The third-order valence-electron chi connectivity index (χ3n) is 2.79. The summed E-state index contributed by atoms with van der Waals surface area (Å²) in [5.74, 6) is 0. The minimum absolute atomic E-state index is 0.114. The van der Waals surface area contributed by atoms with Crippen LogP contribution >= 0.6 is 0 Å². The summed E-state index contributed by atoms with van der Waals surface area (Å²) >= 11 is 0. The molecule has 0 amide bonds. The third-order valence-corrected chi connectivity index (χ3v) is 2.79. The van der Waals surface area contributed by atoms with E-state index in [1.54, 1.807) is 0 Å². The second kappa shape index (κ2) is 7.01. The van der Waals surface area contributed by atoms with Gasteiger partial charge in [-0.25, -0.2) is 0 Å². The molecule has 1 atom stereocenters. The van der Waals surface area contributed by atoms with Crippen molar-refractivity contribution in [2.45, 2.75) is 50.7 Å². The predicted octanol–water partition coefficient (Wildman–Crippen LogP) is 3.17. The van der Waals surface area contributed by atoms with Gasteiger partial charge in [-0.2, -0.15) is 13.2 Å². The Morgan fingerprint density at radius 3 is 2.82 bits per heavy atom. The minimum Gasteiger partial charge on any atom is -0.372 e. The fraction of sp³-hybridized carbons (Fsp3) is 0.833. The first-order valence-electron chi connectivity index (χ1n) is 6.07. The Morgan fingerprint density at radius 1 is 1.35 bits per heavy atom. The largest absolute Gasteiger partial charge is 0.411 e. The van der Waals surface area contributed by atoms with Gasteiger partial charge in [0, 0.05) is 12.6 Å². The lowest BCUT2D eigenvalue weighted by Crippen LogP contribution is -2.17. The van der Waals surface area contributed by atoms with Crippen LogP contribution in [0.1, 0.15) is 38.5 Å². The second-order valence-corrected chi connectivity index (χ2v) is 4.51. The number of hydrogen-bond donors (Lipinski definition) is 1. The van der Waals surface area contributed by atoms with Crippen LogP contribution in [0, 0.1) is 0 Å². The fourth-order valence-corrected chi connectivity index (χ4v) is 2.00. The zero-order valence-corrected chi connectivity index (χ0v) is 9.93. The highest BCUT2D eigenvalue weighted by atomic mass is 19.4. The first-order chi connectivity index (χ1) is 7.97. The van der Waals surface area contributed by atoms with Gasteiger partial charge in [0.05, 0.1) is 0 Å². The normalized spacial score (nSPS) is 22.1. The highest BCUT2D eigenvalue weighted by Crippen LogP contribution is 2.21. The molecular formula is C12H20F3NO. The van der Waals surface area contributed by atoms with Gasteiger partial charge in [0.1, 0.15) is 6.61 Å². The quantitative estimate of drug-likeness (QED) is 0.601. The van der Waals surface area contributed by atoms with Gasteiger partial charge < -0.3 is 10.5 Å². The smallest absolute Gasteiger partial charge is 0.372 e. The number of hydrogen-bond acceptors (Lipinski definition) is 2. The molecule has 2 nitrogen and oxygen atoms in total. The fourth-order valence-electron chi connectivity index (χ4n) is 2.00. The number of ether oxygens (including phenoxy) is 1. The molecule has 2 N–H and O–H groups in total. The molecule has 1 aliphatic carbocycles. The Bertz CT molecular complexity index is 251. The summed E-state index contributed by atoms with van der Waals surface area (Å²) in [4.78, 5) is 0. The van der Waals surface area contributed by atoms with Crippen molar-refractivity contribution in [1.29, 1.82) is 0 Å². The van der Waals surface area contributed by atoms with Crippen molar-refractivity contribution in [1.82, 2.24) is 0 Å². The van der Waals surface area contributed by atoms with E-state index in [1.807, 2.05) is 0 Å². The zero-order valence-electron chi connectivity index (χ0n) is 9.93. The van der Waals surface area contributed by atoms with Crippen LogP contribution in [-0.4, -0.2) is 25.4 Å². The van der Waals surface area contributed by atoms with Gasteiger partial charge >= 0.3 is 6.18 Å². The van der Waals surface area contributed by atoms with Crippen LogP contribution in [0.5, 0.6) is 0 Å². The molecule has 0 spiro atoms. The molecule has 0 radical (unpaired) electrons. The van der Waals surface area contributed by atoms with Gasteiger partial charge in [-0.05, 0) is 32.1 Å². The molecule has 17 heavy (non-hydrogen) atoms. The van der Waals surface area contributed by atoms with E-state index in [0.29, 0.717) is 6.42 Å². The van der Waals surface area contributed by atoms with Crippen molar-refractivity contribution in [2.75, 3.05) is 13.2 Å². The Labute approximate surface area is 100 Å². The SMILES string of the molecule is NC1C=C(CCCOCC(F)(F)F)CCCC1. The molecule has 100 valence electrons. The topological polar surface area (TPSA) is 35.2 Å². The van der Waals surface area contributed by atoms with Gasteiger partial charge in [0.2, 0.25) is 0 Å². The van der Waals surface area contributed by atoms with Gasteiger partial charge in [0.25, 0.3) is 0 Å². The summed E-state index contributed by atoms with van der Waals surface area (Å²) in [6, 6.07) is 0.114. The van der Waals surface area contributed by atoms with Gasteiger partial charge in [-0.3, -0.25) is 0 Å². The molecule has 1 aliphatic rings. The van der Waals surface area contributed by atoms with Crippen molar-refractivity contribution < 1.29 is 17.9 Å². The van der Waals surface area contributed by atoms with Crippen LogP contribution in [0.2, 0.25) is 0 Å². The number of allylic oxidation sites excluding steroid dienone is 1. The Morgan fingerprint density at radius 2 is 2.12 bits per heavy atom. The highest BCUT2D eigenvalue weighted by molar-refractivity contribution is 5.08. The molecule has 0 saturated carbocycles. The van der Waals surface area contributed by atoms with Crippen molar-refractivity contribution in [3.8, 4) is 0 Å². The summed E-state index contributed by atoms with van der Waals surface area (Å²) in [7, 11) is 0. The molecule has 0 fully saturated rings. The molecule has 1 rings (SSSR count). The minimum atomic E-state index is -4.22. The second-order valence-electron chi connectivity index (χ2n) is 4.51. The first kappa shape index (κ1) is 14.5. The van der Waals surface area contributed by atoms with E-state index in [9.17, 15) is 13.2 Å². The van der Waals surface area contributed by atoms with Crippen molar-refractivity contribution >= 4 is 0 Å². The van der Waals surface area contributed by atoms with Crippen LogP contribution in [0.25, 0.3) is 0 Å². The molecule has 0 bridgehead atoms. The first-order valence-corrected chi connectivity index (χ1v) is 6.07. The lowest BCUT2D eigenvalue weighted by molar-refractivity contribution is -0.174. The maximum atomic E-state index is 11.8. The number of alkyl halides is 3. The summed E-state index contributed by atoms with van der Waals surface area (Å²) in [6.45, 7) is -0.988. The maximum absolute atomic E-state index is 11.8. The molecular weight excluding hydrogens is 231 g/mol. The molecule has 0 aliphatic heterocycles. The highest BCUT2D eigenvalue weighted by Gasteiger charge is 2.27. The van der Waals surface area contributed by atoms with Crippen molar-refractivity contribution in [3.05, 3.63) is 11.6 Å². The van der Waals surface area contributed by atoms with Gasteiger partial charge in [-0.15, -0.1) is 0 Å². The van der Waals surface area contributed by atoms with Crippen LogP contribution in [0.4, 0.5) is 13.2 Å². The Hall–Kier alpha value is -0.550. The molecule has 5 heteroatoms. The summed E-state index contributed by atoms with van der Waals surface area (Å²) in [5.41, 5.74) is 7.13. The van der Waals surface area contributed by atoms with E-state index in [1.165, 1.54) is 5.57 Å². The van der Waals surface area contributed by atoms with Crippen LogP contribution in [0.3, 0.4) is 0 Å². The molecule has 0 heterocycles. The van der Waals surface area contributed by atoms with E-state index in [0.717, 1.165) is 32.1 Å². The molecule has 0 aromatic carbocycles. The predicted molar refractivity (Wildman–Crippen MR) is 60.6 cm³/mol. The van der Waals surface area contributed by atoms with E-state index >= 15 is 0 Å². The van der Waals surface area contributed by atoms with Crippen LogP contribution in [0.15, 0.2) is 11.6 Å². The van der Waals surface area contributed by atoms with Crippen LogP contribution < -0.4 is 5.73 Å². The maximum Gasteiger partial charge on any atom is 0.411 e. The summed E-state index contributed by atoms with van der Waals surface area (Å²) < 4.78 is 39.9. The van der Waals surface area contributed by atoms with Crippen LogP contribution in [-0.2, 0) is 4.74 Å². The van der Waals surface area contributed by atoms with E-state index in [2.05, 4.69) is 10.8 Å². The molecule has 1 unspecified atom stereocenters. The summed E-state index contributed by atoms with van der Waals surface area (Å²) in [6.07, 6.45) is 3.57. The van der Waals surface area contributed by atoms with Gasteiger partial charge in [-0.1, -0.05) is 18.1 Å². The van der Waals surface area contributed by atoms with Crippen molar-refractivity contribution in [2.24, 2.45) is 5.73 Å². The molecule has 0 aromatic heterocycles. The zero-order chi connectivity index (χ0) is 12.7. The van der Waals surface area contributed by atoms with E-state index < -0.39 is 12.8 Å². The average molecular weight is 251 g/mol.